The number of hydrogen-bond acceptors (Lipinski definition) is 6. The maximum absolute atomic E-state index is 12.2. The first kappa shape index (κ1) is 18.3. The summed E-state index contributed by atoms with van der Waals surface area (Å²) in [6.45, 7) is 4.78. The van der Waals surface area contributed by atoms with Gasteiger partial charge in [0.1, 0.15) is 11.4 Å². The van der Waals surface area contributed by atoms with Gasteiger partial charge in [-0.05, 0) is 31.9 Å². The minimum atomic E-state index is -0.525. The molecule has 2 aromatic heterocycles. The van der Waals surface area contributed by atoms with Crippen molar-refractivity contribution in [2.75, 3.05) is 32.5 Å². The molecule has 0 radical (unpaired) electrons. The van der Waals surface area contributed by atoms with Gasteiger partial charge >= 0.3 is 12.0 Å². The minimum absolute atomic E-state index is 0.0111. The van der Waals surface area contributed by atoms with Crippen LogP contribution in [0.1, 0.15) is 35.8 Å². The highest BCUT2D eigenvalue weighted by Gasteiger charge is 2.46. The average molecular weight is 384 g/mol. The number of fused-ring (bicyclic) bond motifs is 2. The van der Waals surface area contributed by atoms with Crippen LogP contribution in [-0.2, 0) is 16.7 Å². The lowest BCUT2D eigenvalue weighted by molar-refractivity contribution is 0.0601. The van der Waals surface area contributed by atoms with Gasteiger partial charge < -0.3 is 20.7 Å². The summed E-state index contributed by atoms with van der Waals surface area (Å²) in [7, 11) is 1.31. The van der Waals surface area contributed by atoms with Crippen molar-refractivity contribution in [2.24, 2.45) is 0 Å². The number of nitrogens with one attached hydrogen (secondary N) is 1. The van der Waals surface area contributed by atoms with Crippen LogP contribution in [0, 0.1) is 0 Å². The van der Waals surface area contributed by atoms with Crippen LogP contribution in [0.3, 0.4) is 0 Å². The van der Waals surface area contributed by atoms with E-state index in [1.807, 2.05) is 22.6 Å². The van der Waals surface area contributed by atoms with E-state index in [9.17, 15) is 9.59 Å². The number of esters is 1. The summed E-state index contributed by atoms with van der Waals surface area (Å²) in [5.41, 5.74) is 8.54. The Morgan fingerprint density at radius 2 is 2.11 bits per heavy atom. The van der Waals surface area contributed by atoms with Crippen LogP contribution in [0.25, 0.3) is 11.3 Å². The largest absolute Gasteiger partial charge is 0.465 e. The Morgan fingerprint density at radius 3 is 2.86 bits per heavy atom. The van der Waals surface area contributed by atoms with E-state index in [4.69, 9.17) is 15.6 Å². The molecular weight excluding hydrogens is 360 g/mol. The zero-order valence-corrected chi connectivity index (χ0v) is 16.1. The quantitative estimate of drug-likeness (QED) is 0.773. The number of rotatable bonds is 3. The summed E-state index contributed by atoms with van der Waals surface area (Å²) < 4.78 is 6.78. The summed E-state index contributed by atoms with van der Waals surface area (Å²) in [6, 6.07) is 3.69. The number of aromatic nitrogens is 3. The molecule has 0 saturated carbocycles. The lowest BCUT2D eigenvalue weighted by atomic mass is 9.82. The van der Waals surface area contributed by atoms with Crippen LogP contribution in [0.5, 0.6) is 0 Å². The molecule has 0 unspecified atom stereocenters. The van der Waals surface area contributed by atoms with Crippen molar-refractivity contribution in [3.05, 3.63) is 29.6 Å². The third kappa shape index (κ3) is 2.87. The number of nitrogen functional groups attached to an aromatic ring is 1. The van der Waals surface area contributed by atoms with Gasteiger partial charge in [-0.3, -0.25) is 4.68 Å². The van der Waals surface area contributed by atoms with Gasteiger partial charge in [0.05, 0.1) is 12.8 Å². The second-order valence-corrected chi connectivity index (χ2v) is 7.32. The normalized spacial score (nSPS) is 20.4. The third-order valence-electron chi connectivity index (χ3n) is 5.71. The van der Waals surface area contributed by atoms with Crippen molar-refractivity contribution in [3.63, 3.8) is 0 Å². The molecule has 4 heterocycles. The summed E-state index contributed by atoms with van der Waals surface area (Å²) in [5.74, 6) is -0.393. The number of nitrogens with zero attached hydrogens (tertiary/aromatic N) is 4. The Kier molecular flexibility index (Phi) is 4.44. The first-order chi connectivity index (χ1) is 13.5. The SMILES string of the molecule is CCNC(=O)N1CC[C@@]2(CCn3nc(-c4cnc(N)c(C(=O)OC)c4)cc32)C1. The summed E-state index contributed by atoms with van der Waals surface area (Å²) in [6.07, 6.45) is 3.50. The predicted molar refractivity (Wildman–Crippen MR) is 103 cm³/mol. The Hall–Kier alpha value is -3.10. The topological polar surface area (TPSA) is 115 Å². The van der Waals surface area contributed by atoms with Crippen LogP contribution >= 0.6 is 0 Å². The Bertz CT molecular complexity index is 940. The Balaban J connectivity index is 1.63. The number of anilines is 1. The van der Waals surface area contributed by atoms with Crippen LogP contribution in [0.4, 0.5) is 10.6 Å². The smallest absolute Gasteiger partial charge is 0.341 e. The highest BCUT2D eigenvalue weighted by atomic mass is 16.5. The average Bonchev–Trinajstić information content (AvgIpc) is 3.39. The Labute approximate surface area is 162 Å². The molecule has 28 heavy (non-hydrogen) atoms. The van der Waals surface area contributed by atoms with Gasteiger partial charge in [-0.25, -0.2) is 14.6 Å². The lowest BCUT2D eigenvalue weighted by Crippen LogP contribution is -2.40. The van der Waals surface area contributed by atoms with E-state index < -0.39 is 5.97 Å². The van der Waals surface area contributed by atoms with E-state index in [1.54, 1.807) is 12.3 Å². The molecule has 2 aliphatic rings. The summed E-state index contributed by atoms with van der Waals surface area (Å²) in [5, 5.41) is 7.58. The van der Waals surface area contributed by atoms with Crippen molar-refractivity contribution in [1.29, 1.82) is 0 Å². The number of pyridine rings is 1. The number of urea groups is 1. The van der Waals surface area contributed by atoms with Crippen LogP contribution in [0.2, 0.25) is 0 Å². The monoisotopic (exact) mass is 384 g/mol. The van der Waals surface area contributed by atoms with Gasteiger partial charge in [-0.1, -0.05) is 0 Å². The number of aryl methyl sites for hydroxylation is 1. The second kappa shape index (κ2) is 6.81. The van der Waals surface area contributed by atoms with E-state index in [2.05, 4.69) is 10.3 Å². The van der Waals surface area contributed by atoms with E-state index >= 15 is 0 Å². The van der Waals surface area contributed by atoms with Gasteiger partial charge in [-0.15, -0.1) is 0 Å². The van der Waals surface area contributed by atoms with E-state index in [0.29, 0.717) is 18.7 Å². The standard InChI is InChI=1S/C19H24N6O3/c1-3-21-18(27)24-6-4-19(11-24)5-7-25-15(19)9-14(23-25)12-8-13(17(26)28-2)16(20)22-10-12/h8-10H,3-7,11H2,1-2H3,(H2,20,22)(H,21,27)/t19-/m1/s1. The van der Waals surface area contributed by atoms with Gasteiger partial charge in [-0.2, -0.15) is 5.10 Å². The predicted octanol–water partition coefficient (Wildman–Crippen LogP) is 1.39. The van der Waals surface area contributed by atoms with Crippen LogP contribution in [0.15, 0.2) is 18.3 Å². The first-order valence-electron chi connectivity index (χ1n) is 9.43. The van der Waals surface area contributed by atoms with Crippen LogP contribution < -0.4 is 11.1 Å². The molecular formula is C19H24N6O3. The van der Waals surface area contributed by atoms with E-state index in [-0.39, 0.29) is 22.8 Å². The molecule has 1 saturated heterocycles. The Morgan fingerprint density at radius 1 is 1.32 bits per heavy atom. The number of carbonyl (C=O) groups excluding carboxylic acids is 2. The number of nitrogens with two attached hydrogens (primary N) is 1. The highest BCUT2D eigenvalue weighted by Crippen LogP contribution is 2.43. The summed E-state index contributed by atoms with van der Waals surface area (Å²) >= 11 is 0. The zero-order valence-electron chi connectivity index (χ0n) is 16.1. The summed E-state index contributed by atoms with van der Waals surface area (Å²) in [4.78, 5) is 30.1. The third-order valence-corrected chi connectivity index (χ3v) is 5.71. The number of hydrogen-bond donors (Lipinski definition) is 2. The molecule has 0 aliphatic carbocycles. The number of methoxy groups -OCH3 is 1. The molecule has 1 spiro atoms. The fourth-order valence-electron chi connectivity index (χ4n) is 4.21. The van der Waals surface area contributed by atoms with Gasteiger partial charge in [0, 0.05) is 49.0 Å². The molecule has 9 heteroatoms. The molecule has 2 aliphatic heterocycles. The van der Waals surface area contributed by atoms with E-state index in [1.165, 1.54) is 7.11 Å². The molecule has 2 amide bonds. The molecule has 1 fully saturated rings. The van der Waals surface area contributed by atoms with E-state index in [0.717, 1.165) is 37.3 Å². The second-order valence-electron chi connectivity index (χ2n) is 7.32. The van der Waals surface area contributed by atoms with Crippen molar-refractivity contribution in [2.45, 2.75) is 31.7 Å². The molecule has 9 nitrogen and oxygen atoms in total. The van der Waals surface area contributed by atoms with Crippen LogP contribution in [-0.4, -0.2) is 58.4 Å². The number of amides is 2. The number of likely N-dealkylation sites (tertiary alicyclic amines) is 1. The van der Waals surface area contributed by atoms with Crippen molar-refractivity contribution < 1.29 is 14.3 Å². The van der Waals surface area contributed by atoms with Gasteiger partial charge in [0.25, 0.3) is 0 Å². The van der Waals surface area contributed by atoms with Crippen molar-refractivity contribution in [1.82, 2.24) is 25.0 Å². The molecule has 148 valence electrons. The first-order valence-corrected chi connectivity index (χ1v) is 9.43. The maximum Gasteiger partial charge on any atom is 0.341 e. The maximum atomic E-state index is 12.2. The van der Waals surface area contributed by atoms with Gasteiger partial charge in [0.2, 0.25) is 0 Å². The fraction of sp³-hybridized carbons (Fsp3) is 0.474. The number of ether oxygens (including phenoxy) is 1. The fourth-order valence-corrected chi connectivity index (χ4v) is 4.21. The molecule has 4 rings (SSSR count). The molecule has 3 N–H and O–H groups in total. The van der Waals surface area contributed by atoms with Crippen molar-refractivity contribution >= 4 is 17.8 Å². The highest BCUT2D eigenvalue weighted by molar-refractivity contribution is 5.95. The molecule has 1 atom stereocenters. The number of carbonyl (C=O) groups is 2. The lowest BCUT2D eigenvalue weighted by Gasteiger charge is -2.23. The van der Waals surface area contributed by atoms with Crippen molar-refractivity contribution in [3.8, 4) is 11.3 Å². The minimum Gasteiger partial charge on any atom is -0.465 e. The molecule has 0 aromatic carbocycles. The molecule has 0 bridgehead atoms. The zero-order chi connectivity index (χ0) is 19.9. The van der Waals surface area contributed by atoms with Gasteiger partial charge in [0.15, 0.2) is 0 Å². The molecule has 2 aromatic rings.